The molecule has 1 aliphatic heterocycles. The fourth-order valence-corrected chi connectivity index (χ4v) is 3.47. The summed E-state index contributed by atoms with van der Waals surface area (Å²) in [5.74, 6) is 0.110. The minimum absolute atomic E-state index is 0.110. The summed E-state index contributed by atoms with van der Waals surface area (Å²) in [4.78, 5) is 17.8. The highest BCUT2D eigenvalue weighted by molar-refractivity contribution is 7.10. The maximum Gasteiger partial charge on any atom is 0.240 e. The molecule has 0 aliphatic carbocycles. The Morgan fingerprint density at radius 1 is 1.33 bits per heavy atom. The van der Waals surface area contributed by atoms with Crippen LogP contribution in [0.15, 0.2) is 35.7 Å². The Balaban J connectivity index is 1.63. The summed E-state index contributed by atoms with van der Waals surface area (Å²) in [5, 5.41) is 2.14. The van der Waals surface area contributed by atoms with E-state index in [1.54, 1.807) is 4.90 Å². The first-order valence-corrected chi connectivity index (χ1v) is 7.91. The number of benzene rings is 1. The van der Waals surface area contributed by atoms with Crippen LogP contribution in [0.1, 0.15) is 10.4 Å². The molecular formula is C16H19N3OS. The fraction of sp³-hybridized carbons (Fsp3) is 0.312. The maximum atomic E-state index is 12.4. The number of carbonyl (C=O) groups excluding carboxylic acids is 1. The molecule has 0 fully saturated rings. The van der Waals surface area contributed by atoms with Crippen LogP contribution in [0.5, 0.6) is 0 Å². The van der Waals surface area contributed by atoms with Crippen LogP contribution in [0.2, 0.25) is 0 Å². The number of nitrogen functional groups attached to an aromatic ring is 1. The molecule has 0 saturated heterocycles. The average Bonchev–Trinajstić information content (AvgIpc) is 2.95. The van der Waals surface area contributed by atoms with Gasteiger partial charge in [0, 0.05) is 36.4 Å². The van der Waals surface area contributed by atoms with Crippen molar-refractivity contribution in [3.63, 3.8) is 0 Å². The number of rotatable bonds is 3. The van der Waals surface area contributed by atoms with Gasteiger partial charge in [-0.15, -0.1) is 11.3 Å². The topological polar surface area (TPSA) is 49.6 Å². The first kappa shape index (κ1) is 14.1. The zero-order chi connectivity index (χ0) is 14.8. The first-order valence-electron chi connectivity index (χ1n) is 7.03. The van der Waals surface area contributed by atoms with Gasteiger partial charge in [0.25, 0.3) is 0 Å². The molecule has 1 aromatic carbocycles. The van der Waals surface area contributed by atoms with E-state index in [1.807, 2.05) is 42.6 Å². The normalized spacial score (nSPS) is 14.7. The van der Waals surface area contributed by atoms with Crippen molar-refractivity contribution in [1.29, 1.82) is 0 Å². The van der Waals surface area contributed by atoms with E-state index < -0.39 is 0 Å². The summed E-state index contributed by atoms with van der Waals surface area (Å²) < 4.78 is 0. The molecule has 1 amide bonds. The zero-order valence-electron chi connectivity index (χ0n) is 12.1. The molecule has 0 saturated carbocycles. The van der Waals surface area contributed by atoms with Crippen molar-refractivity contribution in [3.05, 3.63) is 46.2 Å². The number of carbonyl (C=O) groups is 1. The van der Waals surface area contributed by atoms with E-state index in [0.29, 0.717) is 12.2 Å². The lowest BCUT2D eigenvalue weighted by atomic mass is 10.1. The molecule has 4 nitrogen and oxygen atoms in total. The zero-order valence-corrected chi connectivity index (χ0v) is 12.9. The third-order valence-corrected chi connectivity index (χ3v) is 4.92. The van der Waals surface area contributed by atoms with Gasteiger partial charge in [-0.1, -0.05) is 0 Å². The van der Waals surface area contributed by atoms with E-state index in [4.69, 9.17) is 5.73 Å². The van der Waals surface area contributed by atoms with Gasteiger partial charge in [0.05, 0.1) is 6.54 Å². The molecule has 21 heavy (non-hydrogen) atoms. The van der Waals surface area contributed by atoms with Gasteiger partial charge in [0.15, 0.2) is 0 Å². The van der Waals surface area contributed by atoms with Gasteiger partial charge in [-0.2, -0.15) is 0 Å². The smallest absolute Gasteiger partial charge is 0.240 e. The summed E-state index contributed by atoms with van der Waals surface area (Å²) in [6.45, 7) is 2.28. The molecule has 0 spiro atoms. The minimum Gasteiger partial charge on any atom is -0.399 e. The molecule has 110 valence electrons. The van der Waals surface area contributed by atoms with Crippen LogP contribution < -0.4 is 10.6 Å². The molecule has 1 aromatic heterocycles. The second-order valence-electron chi connectivity index (χ2n) is 5.37. The van der Waals surface area contributed by atoms with Gasteiger partial charge < -0.3 is 10.6 Å². The second-order valence-corrected chi connectivity index (χ2v) is 6.37. The SMILES string of the molecule is CN(C(=O)CN1CCc2sccc2C1)c1ccc(N)cc1. The van der Waals surface area contributed by atoms with Crippen LogP contribution in [0, 0.1) is 0 Å². The van der Waals surface area contributed by atoms with Crippen molar-refractivity contribution in [2.45, 2.75) is 13.0 Å². The molecule has 2 N–H and O–H groups in total. The first-order chi connectivity index (χ1) is 10.1. The minimum atomic E-state index is 0.110. The Labute approximate surface area is 128 Å². The largest absolute Gasteiger partial charge is 0.399 e. The Hall–Kier alpha value is -1.85. The molecular weight excluding hydrogens is 282 g/mol. The lowest BCUT2D eigenvalue weighted by molar-refractivity contribution is -0.119. The lowest BCUT2D eigenvalue weighted by Crippen LogP contribution is -2.40. The van der Waals surface area contributed by atoms with Crippen molar-refractivity contribution >= 4 is 28.6 Å². The van der Waals surface area contributed by atoms with Gasteiger partial charge >= 0.3 is 0 Å². The summed E-state index contributed by atoms with van der Waals surface area (Å²) in [6.07, 6.45) is 1.05. The van der Waals surface area contributed by atoms with Crippen LogP contribution >= 0.6 is 11.3 Å². The molecule has 2 aromatic rings. The van der Waals surface area contributed by atoms with Gasteiger partial charge in [-0.25, -0.2) is 0 Å². The van der Waals surface area contributed by atoms with Crippen molar-refractivity contribution in [2.24, 2.45) is 0 Å². The summed E-state index contributed by atoms with van der Waals surface area (Å²) >= 11 is 1.82. The van der Waals surface area contributed by atoms with Crippen LogP contribution in [0.3, 0.4) is 0 Å². The predicted octanol–water partition coefficient (Wildman–Crippen LogP) is 2.35. The number of anilines is 2. The van der Waals surface area contributed by atoms with Crippen molar-refractivity contribution in [2.75, 3.05) is 30.8 Å². The fourth-order valence-electron chi connectivity index (χ4n) is 2.58. The molecule has 0 bridgehead atoms. The third-order valence-electron chi connectivity index (χ3n) is 3.90. The molecule has 1 aliphatic rings. The molecule has 0 unspecified atom stereocenters. The Bertz CT molecular complexity index is 635. The number of amides is 1. The molecule has 0 atom stereocenters. The Morgan fingerprint density at radius 2 is 2.10 bits per heavy atom. The third kappa shape index (κ3) is 3.09. The van der Waals surface area contributed by atoms with Crippen molar-refractivity contribution < 1.29 is 4.79 Å². The summed E-state index contributed by atoms with van der Waals surface area (Å²) in [5.41, 5.74) is 8.63. The highest BCUT2D eigenvalue weighted by Gasteiger charge is 2.21. The molecule has 0 radical (unpaired) electrons. The number of likely N-dealkylation sites (N-methyl/N-ethyl adjacent to an activating group) is 1. The standard InChI is InChI=1S/C16H19N3OS/c1-18(14-4-2-13(17)3-5-14)16(20)11-19-8-6-15-12(10-19)7-9-21-15/h2-5,7,9H,6,8,10-11,17H2,1H3. The number of hydrogen-bond donors (Lipinski definition) is 1. The predicted molar refractivity (Wildman–Crippen MR) is 87.6 cm³/mol. The molecule has 5 heteroatoms. The summed E-state index contributed by atoms with van der Waals surface area (Å²) in [6, 6.07) is 9.55. The average molecular weight is 301 g/mol. The van der Waals surface area contributed by atoms with Crippen LogP contribution in [-0.4, -0.2) is 30.9 Å². The highest BCUT2D eigenvalue weighted by atomic mass is 32.1. The number of fused-ring (bicyclic) bond motifs is 1. The van der Waals surface area contributed by atoms with E-state index in [0.717, 1.165) is 25.2 Å². The van der Waals surface area contributed by atoms with Crippen LogP contribution in [0.25, 0.3) is 0 Å². The second kappa shape index (κ2) is 5.87. The number of thiophene rings is 1. The van der Waals surface area contributed by atoms with Crippen LogP contribution in [-0.2, 0) is 17.8 Å². The van der Waals surface area contributed by atoms with E-state index in [9.17, 15) is 4.79 Å². The van der Waals surface area contributed by atoms with Gasteiger partial charge in [-0.3, -0.25) is 9.69 Å². The highest BCUT2D eigenvalue weighted by Crippen LogP contribution is 2.24. The van der Waals surface area contributed by atoms with E-state index in [-0.39, 0.29) is 5.91 Å². The monoisotopic (exact) mass is 301 g/mol. The maximum absolute atomic E-state index is 12.4. The number of nitrogens with zero attached hydrogens (tertiary/aromatic N) is 2. The van der Waals surface area contributed by atoms with Crippen molar-refractivity contribution in [3.8, 4) is 0 Å². The number of nitrogens with two attached hydrogens (primary N) is 1. The van der Waals surface area contributed by atoms with E-state index >= 15 is 0 Å². The lowest BCUT2D eigenvalue weighted by Gasteiger charge is -2.28. The van der Waals surface area contributed by atoms with Crippen LogP contribution in [0.4, 0.5) is 11.4 Å². The number of hydrogen-bond acceptors (Lipinski definition) is 4. The van der Waals surface area contributed by atoms with Gasteiger partial charge in [0.1, 0.15) is 0 Å². The van der Waals surface area contributed by atoms with E-state index in [2.05, 4.69) is 16.3 Å². The Kier molecular flexibility index (Phi) is 3.94. The molecule has 2 heterocycles. The molecule has 3 rings (SSSR count). The van der Waals surface area contributed by atoms with Gasteiger partial charge in [-0.05, 0) is 47.7 Å². The quantitative estimate of drug-likeness (QED) is 0.885. The van der Waals surface area contributed by atoms with Gasteiger partial charge in [0.2, 0.25) is 5.91 Å². The van der Waals surface area contributed by atoms with E-state index in [1.165, 1.54) is 10.4 Å². The Morgan fingerprint density at radius 3 is 2.86 bits per heavy atom. The summed E-state index contributed by atoms with van der Waals surface area (Å²) in [7, 11) is 1.81. The van der Waals surface area contributed by atoms with Crippen molar-refractivity contribution in [1.82, 2.24) is 4.90 Å².